The first-order valence-electron chi connectivity index (χ1n) is 11.3. The fraction of sp³-hybridized carbons (Fsp3) is 0.625. The molecule has 0 atom stereocenters. The van der Waals surface area contributed by atoms with Gasteiger partial charge >= 0.3 is 0 Å². The van der Waals surface area contributed by atoms with Crippen LogP contribution in [0, 0.1) is 6.92 Å². The Hall–Kier alpha value is -1.85. The number of nitrogens with zero attached hydrogens (tertiary/aromatic N) is 3. The van der Waals surface area contributed by atoms with E-state index in [1.165, 1.54) is 5.69 Å². The van der Waals surface area contributed by atoms with Crippen LogP contribution < -0.4 is 4.90 Å². The summed E-state index contributed by atoms with van der Waals surface area (Å²) in [6.07, 6.45) is 1.06. The lowest BCUT2D eigenvalue weighted by molar-refractivity contribution is 0.103. The predicted octanol–water partition coefficient (Wildman–Crippen LogP) is 5.79. The minimum Gasteiger partial charge on any atom is -0.375 e. The highest BCUT2D eigenvalue weighted by Crippen LogP contribution is 2.15. The lowest BCUT2D eigenvalue weighted by Gasteiger charge is -2.36. The van der Waals surface area contributed by atoms with Gasteiger partial charge in [0.15, 0.2) is 0 Å². The minimum absolute atomic E-state index is 0.541. The lowest BCUT2D eigenvalue weighted by Crippen LogP contribution is -2.46. The maximum absolute atomic E-state index is 5.65. The Morgan fingerprint density at radius 2 is 1.55 bits per heavy atom. The molecule has 1 aromatic carbocycles. The molecule has 0 bridgehead atoms. The van der Waals surface area contributed by atoms with Crippen molar-refractivity contribution in [3.05, 3.63) is 47.9 Å². The third-order valence-corrected chi connectivity index (χ3v) is 4.18. The van der Waals surface area contributed by atoms with E-state index in [9.17, 15) is 0 Å². The molecule has 0 saturated carbocycles. The standard InChI is InChI=1S/C18H25N3O2.3C2H6/c1-16-14-17(19-23-16)15-22-13-5-8-20-9-11-21(12-10-20)18-6-3-2-4-7-18;3*1-2/h2-4,6-7,14H,5,8-13,15H2,1H3;3*1-2H3. The first-order chi connectivity index (χ1) is 14.3. The Morgan fingerprint density at radius 1 is 0.931 bits per heavy atom. The molecule has 1 aliphatic rings. The molecule has 2 heterocycles. The summed E-state index contributed by atoms with van der Waals surface area (Å²) in [5.74, 6) is 0.833. The second-order valence-corrected chi connectivity index (χ2v) is 6.00. The van der Waals surface area contributed by atoms with Gasteiger partial charge in [-0.2, -0.15) is 0 Å². The lowest BCUT2D eigenvalue weighted by atomic mass is 10.2. The molecular formula is C24H43N3O2. The van der Waals surface area contributed by atoms with E-state index in [1.54, 1.807) is 0 Å². The van der Waals surface area contributed by atoms with Gasteiger partial charge in [-0.1, -0.05) is 64.9 Å². The van der Waals surface area contributed by atoms with E-state index in [-0.39, 0.29) is 0 Å². The number of anilines is 1. The van der Waals surface area contributed by atoms with Crippen LogP contribution in [0.1, 0.15) is 59.4 Å². The van der Waals surface area contributed by atoms with Crippen LogP contribution in [-0.2, 0) is 11.3 Å². The van der Waals surface area contributed by atoms with Gasteiger partial charge in [-0.15, -0.1) is 0 Å². The van der Waals surface area contributed by atoms with E-state index in [1.807, 2.05) is 54.5 Å². The number of ether oxygens (including phenoxy) is 1. The van der Waals surface area contributed by atoms with E-state index in [0.717, 1.165) is 57.2 Å². The summed E-state index contributed by atoms with van der Waals surface area (Å²) in [6.45, 7) is 20.7. The van der Waals surface area contributed by atoms with Crippen molar-refractivity contribution in [2.75, 3.05) is 44.2 Å². The molecule has 1 fully saturated rings. The Bertz CT molecular complexity index is 579. The third-order valence-electron chi connectivity index (χ3n) is 4.18. The average molecular weight is 406 g/mol. The summed E-state index contributed by atoms with van der Waals surface area (Å²) in [7, 11) is 0. The molecule has 0 amide bonds. The van der Waals surface area contributed by atoms with Crippen molar-refractivity contribution >= 4 is 5.69 Å². The van der Waals surface area contributed by atoms with Crippen LogP contribution in [0.15, 0.2) is 40.9 Å². The van der Waals surface area contributed by atoms with Gasteiger partial charge < -0.3 is 14.2 Å². The zero-order valence-corrected chi connectivity index (χ0v) is 19.8. The van der Waals surface area contributed by atoms with E-state index in [4.69, 9.17) is 9.26 Å². The van der Waals surface area contributed by atoms with Gasteiger partial charge in [-0.25, -0.2) is 0 Å². The average Bonchev–Trinajstić information content (AvgIpc) is 3.23. The van der Waals surface area contributed by atoms with Crippen molar-refractivity contribution in [2.24, 2.45) is 0 Å². The van der Waals surface area contributed by atoms with Crippen LogP contribution in [0.4, 0.5) is 5.69 Å². The molecule has 1 aliphatic heterocycles. The molecule has 1 aromatic heterocycles. The number of hydrogen-bond acceptors (Lipinski definition) is 5. The number of para-hydroxylation sites is 1. The SMILES string of the molecule is CC.CC.CC.Cc1cc(COCCCN2CCN(c3ccccc3)CC2)no1. The number of aryl methyl sites for hydroxylation is 1. The highest BCUT2D eigenvalue weighted by Gasteiger charge is 2.16. The summed E-state index contributed by atoms with van der Waals surface area (Å²) in [4.78, 5) is 4.98. The maximum Gasteiger partial charge on any atom is 0.134 e. The van der Waals surface area contributed by atoms with Crippen molar-refractivity contribution in [1.82, 2.24) is 10.1 Å². The Kier molecular flexibility index (Phi) is 17.0. The van der Waals surface area contributed by atoms with Crippen LogP contribution in [0.2, 0.25) is 0 Å². The number of piperazine rings is 1. The Labute approximate surface area is 179 Å². The molecule has 0 spiro atoms. The van der Waals surface area contributed by atoms with Gasteiger partial charge in [-0.3, -0.25) is 4.90 Å². The second kappa shape index (κ2) is 18.2. The number of rotatable bonds is 7. The molecular weight excluding hydrogens is 362 g/mol. The first-order valence-corrected chi connectivity index (χ1v) is 11.3. The highest BCUT2D eigenvalue weighted by atomic mass is 16.5. The normalized spacial score (nSPS) is 13.3. The van der Waals surface area contributed by atoms with Gasteiger partial charge in [0.1, 0.15) is 11.5 Å². The molecule has 2 aromatic rings. The molecule has 5 heteroatoms. The van der Waals surface area contributed by atoms with E-state index >= 15 is 0 Å². The highest BCUT2D eigenvalue weighted by molar-refractivity contribution is 5.46. The van der Waals surface area contributed by atoms with E-state index in [0.29, 0.717) is 6.61 Å². The maximum atomic E-state index is 5.65. The van der Waals surface area contributed by atoms with Gasteiger partial charge in [0.2, 0.25) is 0 Å². The molecule has 3 rings (SSSR count). The molecule has 1 saturated heterocycles. The monoisotopic (exact) mass is 405 g/mol. The quantitative estimate of drug-likeness (QED) is 0.545. The Morgan fingerprint density at radius 3 is 2.10 bits per heavy atom. The van der Waals surface area contributed by atoms with Crippen LogP contribution in [0.3, 0.4) is 0 Å². The fourth-order valence-corrected chi connectivity index (χ4v) is 2.92. The van der Waals surface area contributed by atoms with Crippen molar-refractivity contribution in [2.45, 2.75) is 61.5 Å². The van der Waals surface area contributed by atoms with Crippen molar-refractivity contribution < 1.29 is 9.26 Å². The minimum atomic E-state index is 0.541. The molecule has 0 radical (unpaired) electrons. The van der Waals surface area contributed by atoms with Crippen molar-refractivity contribution in [3.63, 3.8) is 0 Å². The van der Waals surface area contributed by atoms with Crippen LogP contribution >= 0.6 is 0 Å². The summed E-state index contributed by atoms with van der Waals surface area (Å²) in [6, 6.07) is 12.6. The van der Waals surface area contributed by atoms with Gasteiger partial charge in [-0.05, 0) is 25.5 Å². The predicted molar refractivity (Wildman–Crippen MR) is 125 cm³/mol. The van der Waals surface area contributed by atoms with Gasteiger partial charge in [0, 0.05) is 51.1 Å². The Balaban J connectivity index is 0.00000120. The molecule has 0 N–H and O–H groups in total. The molecule has 0 unspecified atom stereocenters. The molecule has 29 heavy (non-hydrogen) atoms. The summed E-state index contributed by atoms with van der Waals surface area (Å²) >= 11 is 0. The second-order valence-electron chi connectivity index (χ2n) is 6.00. The zero-order chi connectivity index (χ0) is 21.9. The topological polar surface area (TPSA) is 41.7 Å². The van der Waals surface area contributed by atoms with Gasteiger partial charge in [0.25, 0.3) is 0 Å². The molecule has 166 valence electrons. The van der Waals surface area contributed by atoms with Gasteiger partial charge in [0.05, 0.1) is 6.61 Å². The summed E-state index contributed by atoms with van der Waals surface area (Å²) in [5.41, 5.74) is 2.21. The van der Waals surface area contributed by atoms with E-state index < -0.39 is 0 Å². The summed E-state index contributed by atoms with van der Waals surface area (Å²) < 4.78 is 10.7. The van der Waals surface area contributed by atoms with Crippen LogP contribution in [0.5, 0.6) is 0 Å². The number of aromatic nitrogens is 1. The number of benzene rings is 1. The fourth-order valence-electron chi connectivity index (χ4n) is 2.92. The zero-order valence-electron chi connectivity index (χ0n) is 19.8. The largest absolute Gasteiger partial charge is 0.375 e. The summed E-state index contributed by atoms with van der Waals surface area (Å²) in [5, 5.41) is 3.92. The van der Waals surface area contributed by atoms with Crippen LogP contribution in [-0.4, -0.2) is 49.4 Å². The smallest absolute Gasteiger partial charge is 0.134 e. The molecule has 5 nitrogen and oxygen atoms in total. The van der Waals surface area contributed by atoms with Crippen LogP contribution in [0.25, 0.3) is 0 Å². The van der Waals surface area contributed by atoms with Crippen molar-refractivity contribution in [1.29, 1.82) is 0 Å². The van der Waals surface area contributed by atoms with Crippen molar-refractivity contribution in [3.8, 4) is 0 Å². The molecule has 0 aliphatic carbocycles. The third kappa shape index (κ3) is 11.1. The first kappa shape index (κ1) is 27.1. The van der Waals surface area contributed by atoms with E-state index in [2.05, 4.69) is 45.3 Å². The number of hydrogen-bond donors (Lipinski definition) is 0.